The molecule has 0 aliphatic carbocycles. The minimum absolute atomic E-state index is 0.0303. The Kier molecular flexibility index (Phi) is 6.15. The van der Waals surface area contributed by atoms with Gasteiger partial charge in [0.2, 0.25) is 0 Å². The highest BCUT2D eigenvalue weighted by Gasteiger charge is 2.23. The van der Waals surface area contributed by atoms with E-state index < -0.39 is 0 Å². The Morgan fingerprint density at radius 2 is 1.97 bits per heavy atom. The quantitative estimate of drug-likeness (QED) is 0.651. The summed E-state index contributed by atoms with van der Waals surface area (Å²) in [6.45, 7) is 2.62. The molecule has 4 rings (SSSR count). The normalized spacial score (nSPS) is 15.3. The number of benzene rings is 1. The van der Waals surface area contributed by atoms with Crippen molar-refractivity contribution in [2.75, 3.05) is 20.2 Å². The van der Waals surface area contributed by atoms with Crippen LogP contribution in [0.25, 0.3) is 11.3 Å². The molecule has 1 fully saturated rings. The Hall–Kier alpha value is -2.71. The van der Waals surface area contributed by atoms with E-state index in [1.54, 1.807) is 25.3 Å². The van der Waals surface area contributed by atoms with Crippen molar-refractivity contribution in [3.8, 4) is 16.3 Å². The number of piperidine rings is 1. The van der Waals surface area contributed by atoms with Crippen molar-refractivity contribution in [3.05, 3.63) is 58.9 Å². The number of amides is 1. The van der Waals surface area contributed by atoms with Crippen LogP contribution in [0.1, 0.15) is 28.2 Å². The van der Waals surface area contributed by atoms with Gasteiger partial charge in [0, 0.05) is 38.3 Å². The van der Waals surface area contributed by atoms with Crippen LogP contribution in [0.3, 0.4) is 0 Å². The maximum absolute atomic E-state index is 13.2. The van der Waals surface area contributed by atoms with Gasteiger partial charge in [-0.05, 0) is 55.3 Å². The van der Waals surface area contributed by atoms with Gasteiger partial charge in [0.25, 0.3) is 5.91 Å². The van der Waals surface area contributed by atoms with Crippen LogP contribution >= 0.6 is 11.3 Å². The number of hydrogen-bond donors (Lipinski definition) is 1. The second-order valence-electron chi connectivity index (χ2n) is 7.50. The Morgan fingerprint density at radius 3 is 2.63 bits per heavy atom. The summed E-state index contributed by atoms with van der Waals surface area (Å²) < 4.78 is 20.2. The van der Waals surface area contributed by atoms with Crippen molar-refractivity contribution in [1.29, 1.82) is 0 Å². The third-order valence-corrected chi connectivity index (χ3v) is 6.48. The minimum Gasteiger partial charge on any atom is -0.487 e. The molecule has 1 saturated heterocycles. The Morgan fingerprint density at radius 1 is 1.23 bits per heavy atom. The highest BCUT2D eigenvalue weighted by Crippen LogP contribution is 2.25. The van der Waals surface area contributed by atoms with E-state index in [4.69, 9.17) is 4.74 Å². The van der Waals surface area contributed by atoms with Crippen LogP contribution in [-0.4, -0.2) is 46.8 Å². The lowest BCUT2D eigenvalue weighted by Crippen LogP contribution is -2.44. The monoisotopic (exact) mass is 428 g/mol. The van der Waals surface area contributed by atoms with Crippen molar-refractivity contribution < 1.29 is 13.9 Å². The molecule has 0 spiro atoms. The Labute approximate surface area is 179 Å². The summed E-state index contributed by atoms with van der Waals surface area (Å²) >= 11 is 1.36. The van der Waals surface area contributed by atoms with E-state index in [2.05, 4.69) is 21.4 Å². The first kappa shape index (κ1) is 20.6. The lowest BCUT2D eigenvalue weighted by Gasteiger charge is -2.32. The molecule has 8 heteroatoms. The van der Waals surface area contributed by atoms with Crippen LogP contribution in [-0.2, 0) is 13.6 Å². The molecular formula is C22H25FN4O2S. The first-order chi connectivity index (χ1) is 14.5. The van der Waals surface area contributed by atoms with Gasteiger partial charge in [-0.15, -0.1) is 0 Å². The Bertz CT molecular complexity index is 1010. The molecule has 3 aromatic rings. The lowest BCUT2D eigenvalue weighted by molar-refractivity contribution is 0.0912. The van der Waals surface area contributed by atoms with Crippen molar-refractivity contribution >= 4 is 17.2 Å². The number of nitrogens with one attached hydrogen (secondary N) is 1. The summed E-state index contributed by atoms with van der Waals surface area (Å²) in [7, 11) is 3.54. The predicted octanol–water partition coefficient (Wildman–Crippen LogP) is 3.69. The predicted molar refractivity (Wildman–Crippen MR) is 115 cm³/mol. The zero-order valence-corrected chi connectivity index (χ0v) is 17.9. The first-order valence-electron chi connectivity index (χ1n) is 9.97. The summed E-state index contributed by atoms with van der Waals surface area (Å²) in [5.74, 6) is -0.277. The smallest absolute Gasteiger partial charge is 0.261 e. The van der Waals surface area contributed by atoms with Gasteiger partial charge >= 0.3 is 0 Å². The van der Waals surface area contributed by atoms with Gasteiger partial charge in [0.05, 0.1) is 23.4 Å². The molecule has 0 bridgehead atoms. The van der Waals surface area contributed by atoms with Crippen molar-refractivity contribution in [2.45, 2.75) is 25.4 Å². The van der Waals surface area contributed by atoms with Crippen molar-refractivity contribution in [1.82, 2.24) is 20.0 Å². The molecule has 1 aliphatic heterocycles. The molecule has 1 aliphatic rings. The number of carbonyl (C=O) groups is 1. The molecule has 3 heterocycles. The van der Waals surface area contributed by atoms with E-state index in [0.717, 1.165) is 54.5 Å². The fraction of sp³-hybridized carbons (Fsp3) is 0.364. The first-order valence-corrected chi connectivity index (χ1v) is 10.8. The molecule has 1 N–H and O–H groups in total. The highest BCUT2D eigenvalue weighted by molar-refractivity contribution is 7.15. The SMILES string of the molecule is COc1ccc(C(=O)NC2CCN(Cc3cc(-c4ccc(F)cc4)nn3C)CC2)s1. The van der Waals surface area contributed by atoms with E-state index in [0.29, 0.717) is 4.88 Å². The van der Waals surface area contributed by atoms with Crippen LogP contribution < -0.4 is 10.1 Å². The highest BCUT2D eigenvalue weighted by atomic mass is 32.1. The average Bonchev–Trinajstić information content (AvgIpc) is 3.37. The number of aromatic nitrogens is 2. The maximum atomic E-state index is 13.2. The van der Waals surface area contributed by atoms with Crippen LogP contribution in [0.4, 0.5) is 4.39 Å². The summed E-state index contributed by atoms with van der Waals surface area (Å²) in [5.41, 5.74) is 2.87. The minimum atomic E-state index is -0.247. The number of carbonyl (C=O) groups excluding carboxylic acids is 1. The fourth-order valence-electron chi connectivity index (χ4n) is 3.69. The zero-order chi connectivity index (χ0) is 21.1. The van der Waals surface area contributed by atoms with E-state index >= 15 is 0 Å². The van der Waals surface area contributed by atoms with Gasteiger partial charge in [0.1, 0.15) is 5.82 Å². The van der Waals surface area contributed by atoms with Gasteiger partial charge < -0.3 is 10.1 Å². The number of likely N-dealkylation sites (tertiary alicyclic amines) is 1. The number of nitrogens with zero attached hydrogens (tertiary/aromatic N) is 3. The third kappa shape index (κ3) is 4.71. The average molecular weight is 429 g/mol. The van der Waals surface area contributed by atoms with Crippen LogP contribution in [0.2, 0.25) is 0 Å². The standard InChI is InChI=1S/C22H25FN4O2S/c1-26-18(13-19(25-26)15-3-5-16(23)6-4-15)14-27-11-9-17(10-12-27)24-22(28)20-7-8-21(29-2)30-20/h3-8,13,17H,9-12,14H2,1-2H3,(H,24,28). The number of thiophene rings is 1. The van der Waals surface area contributed by atoms with Gasteiger partial charge in [-0.3, -0.25) is 14.4 Å². The van der Waals surface area contributed by atoms with E-state index in [9.17, 15) is 9.18 Å². The molecule has 158 valence electrons. The molecule has 0 saturated carbocycles. The third-order valence-electron chi connectivity index (χ3n) is 5.43. The number of methoxy groups -OCH3 is 1. The molecule has 0 radical (unpaired) electrons. The maximum Gasteiger partial charge on any atom is 0.261 e. The number of aryl methyl sites for hydroxylation is 1. The van der Waals surface area contributed by atoms with Gasteiger partial charge in [-0.2, -0.15) is 5.10 Å². The van der Waals surface area contributed by atoms with E-state index in [1.807, 2.05) is 17.8 Å². The number of ether oxygens (including phenoxy) is 1. The van der Waals surface area contributed by atoms with E-state index in [1.165, 1.54) is 23.5 Å². The molecule has 6 nitrogen and oxygen atoms in total. The van der Waals surface area contributed by atoms with Gasteiger partial charge in [-0.25, -0.2) is 4.39 Å². The van der Waals surface area contributed by atoms with Crippen LogP contribution in [0.5, 0.6) is 5.06 Å². The Balaban J connectivity index is 1.30. The van der Waals surface area contributed by atoms with Crippen LogP contribution in [0, 0.1) is 5.82 Å². The molecule has 0 atom stereocenters. The van der Waals surface area contributed by atoms with Crippen LogP contribution in [0.15, 0.2) is 42.5 Å². The zero-order valence-electron chi connectivity index (χ0n) is 17.1. The molecule has 1 aromatic carbocycles. The molecular weight excluding hydrogens is 403 g/mol. The lowest BCUT2D eigenvalue weighted by atomic mass is 10.0. The van der Waals surface area contributed by atoms with Gasteiger partial charge in [-0.1, -0.05) is 11.3 Å². The number of halogens is 1. The molecule has 0 unspecified atom stereocenters. The summed E-state index contributed by atoms with van der Waals surface area (Å²) in [4.78, 5) is 15.5. The second-order valence-corrected chi connectivity index (χ2v) is 8.54. The summed E-state index contributed by atoms with van der Waals surface area (Å²) in [6.07, 6.45) is 1.83. The summed E-state index contributed by atoms with van der Waals surface area (Å²) in [5, 5.41) is 8.46. The van der Waals surface area contributed by atoms with E-state index in [-0.39, 0.29) is 17.8 Å². The van der Waals surface area contributed by atoms with Crippen molar-refractivity contribution in [3.63, 3.8) is 0 Å². The topological polar surface area (TPSA) is 59.4 Å². The molecule has 2 aromatic heterocycles. The second kappa shape index (κ2) is 8.97. The summed E-state index contributed by atoms with van der Waals surface area (Å²) in [6, 6.07) is 12.3. The largest absolute Gasteiger partial charge is 0.487 e. The fourth-order valence-corrected chi connectivity index (χ4v) is 4.41. The molecule has 30 heavy (non-hydrogen) atoms. The van der Waals surface area contributed by atoms with Crippen molar-refractivity contribution in [2.24, 2.45) is 7.05 Å². The van der Waals surface area contributed by atoms with Gasteiger partial charge in [0.15, 0.2) is 5.06 Å². The number of rotatable bonds is 6. The number of hydrogen-bond acceptors (Lipinski definition) is 5. The molecule has 1 amide bonds.